The molecule has 0 unspecified atom stereocenters. The van der Waals surface area contributed by atoms with E-state index < -0.39 is 0 Å². The van der Waals surface area contributed by atoms with Crippen LogP contribution in [0.5, 0.6) is 5.75 Å². The molecule has 0 bridgehead atoms. The Balaban J connectivity index is 2.19. The van der Waals surface area contributed by atoms with Crippen LogP contribution < -0.4 is 10.1 Å². The van der Waals surface area contributed by atoms with Gasteiger partial charge in [-0.3, -0.25) is 0 Å². The third-order valence-electron chi connectivity index (χ3n) is 2.85. The monoisotopic (exact) mass is 350 g/mol. The highest BCUT2D eigenvalue weighted by molar-refractivity contribution is 9.10. The molecule has 2 rings (SSSR count). The van der Waals surface area contributed by atoms with Gasteiger partial charge in [-0.1, -0.05) is 17.7 Å². The fourth-order valence-corrected chi connectivity index (χ4v) is 2.56. The summed E-state index contributed by atoms with van der Waals surface area (Å²) in [7, 11) is 1.62. The van der Waals surface area contributed by atoms with Crippen LogP contribution in [0.4, 0.5) is 5.69 Å². The molecule has 0 saturated carbocycles. The summed E-state index contributed by atoms with van der Waals surface area (Å²) in [6.07, 6.45) is 0. The Morgan fingerprint density at radius 1 is 1.35 bits per heavy atom. The van der Waals surface area contributed by atoms with Crippen molar-refractivity contribution < 1.29 is 4.74 Å². The van der Waals surface area contributed by atoms with Gasteiger partial charge in [-0.25, -0.2) is 0 Å². The van der Waals surface area contributed by atoms with Crippen molar-refractivity contribution in [3.8, 4) is 11.8 Å². The van der Waals surface area contributed by atoms with E-state index in [9.17, 15) is 0 Å². The van der Waals surface area contributed by atoms with Gasteiger partial charge < -0.3 is 10.1 Å². The molecular formula is C15H12BrClN2O. The summed E-state index contributed by atoms with van der Waals surface area (Å²) in [6.45, 7) is 0.535. The topological polar surface area (TPSA) is 45.0 Å². The van der Waals surface area contributed by atoms with Crippen molar-refractivity contribution in [3.63, 3.8) is 0 Å². The van der Waals surface area contributed by atoms with E-state index in [0.29, 0.717) is 17.1 Å². The molecule has 0 aliphatic rings. The van der Waals surface area contributed by atoms with Crippen LogP contribution in [0.3, 0.4) is 0 Å². The molecule has 102 valence electrons. The van der Waals surface area contributed by atoms with Gasteiger partial charge in [0, 0.05) is 27.3 Å². The molecule has 0 saturated heterocycles. The van der Waals surface area contributed by atoms with E-state index in [1.165, 1.54) is 0 Å². The van der Waals surface area contributed by atoms with Gasteiger partial charge in [0.1, 0.15) is 5.75 Å². The Morgan fingerprint density at radius 3 is 2.80 bits per heavy atom. The number of hydrogen-bond donors (Lipinski definition) is 1. The first kappa shape index (κ1) is 14.7. The van der Waals surface area contributed by atoms with Crippen LogP contribution in [0.2, 0.25) is 5.02 Å². The number of ether oxygens (including phenoxy) is 1. The second kappa shape index (κ2) is 6.65. The number of benzene rings is 2. The minimum atomic E-state index is 0.535. The molecule has 0 fully saturated rings. The second-order valence-electron chi connectivity index (χ2n) is 4.08. The molecule has 0 aliphatic carbocycles. The molecule has 20 heavy (non-hydrogen) atoms. The van der Waals surface area contributed by atoms with Crippen molar-refractivity contribution in [2.24, 2.45) is 0 Å². The molecule has 0 radical (unpaired) electrons. The Kier molecular flexibility index (Phi) is 4.89. The maximum absolute atomic E-state index is 8.84. The molecule has 0 aliphatic heterocycles. The lowest BCUT2D eigenvalue weighted by Gasteiger charge is -2.13. The lowest BCUT2D eigenvalue weighted by Crippen LogP contribution is -2.03. The molecule has 0 aromatic heterocycles. The Labute approximate surface area is 131 Å². The van der Waals surface area contributed by atoms with E-state index in [0.717, 1.165) is 21.5 Å². The Hall–Kier alpha value is -1.70. The van der Waals surface area contributed by atoms with Gasteiger partial charge in [0.25, 0.3) is 0 Å². The third-order valence-corrected chi connectivity index (χ3v) is 3.86. The molecule has 2 aromatic rings. The van der Waals surface area contributed by atoms with Crippen LogP contribution in [0.25, 0.3) is 0 Å². The number of hydrogen-bond acceptors (Lipinski definition) is 3. The smallest absolute Gasteiger partial charge is 0.125 e. The number of halogens is 2. The second-order valence-corrected chi connectivity index (χ2v) is 5.34. The quantitative estimate of drug-likeness (QED) is 0.876. The molecule has 0 atom stereocenters. The molecular weight excluding hydrogens is 340 g/mol. The lowest BCUT2D eigenvalue weighted by atomic mass is 10.2. The van der Waals surface area contributed by atoms with Crippen LogP contribution in [-0.4, -0.2) is 7.11 Å². The first-order chi connectivity index (χ1) is 9.65. The van der Waals surface area contributed by atoms with Crippen molar-refractivity contribution in [1.29, 1.82) is 5.26 Å². The van der Waals surface area contributed by atoms with Gasteiger partial charge >= 0.3 is 0 Å². The van der Waals surface area contributed by atoms with Crippen LogP contribution in [0.1, 0.15) is 11.1 Å². The fourth-order valence-electron chi connectivity index (χ4n) is 1.81. The van der Waals surface area contributed by atoms with Gasteiger partial charge in [0.05, 0.1) is 18.7 Å². The van der Waals surface area contributed by atoms with Gasteiger partial charge in [0.15, 0.2) is 0 Å². The average Bonchev–Trinajstić information content (AvgIpc) is 2.46. The first-order valence-electron chi connectivity index (χ1n) is 5.90. The van der Waals surface area contributed by atoms with E-state index in [4.69, 9.17) is 21.6 Å². The van der Waals surface area contributed by atoms with Crippen molar-refractivity contribution in [1.82, 2.24) is 0 Å². The summed E-state index contributed by atoms with van der Waals surface area (Å²) in [5.41, 5.74) is 2.40. The van der Waals surface area contributed by atoms with Crippen LogP contribution >= 0.6 is 27.5 Å². The van der Waals surface area contributed by atoms with Gasteiger partial charge in [-0.05, 0) is 46.3 Å². The summed E-state index contributed by atoms with van der Waals surface area (Å²) in [6, 6.07) is 13.0. The van der Waals surface area contributed by atoms with Gasteiger partial charge in [-0.15, -0.1) is 0 Å². The largest absolute Gasteiger partial charge is 0.496 e. The van der Waals surface area contributed by atoms with Crippen molar-refractivity contribution >= 4 is 33.2 Å². The highest BCUT2D eigenvalue weighted by Crippen LogP contribution is 2.29. The van der Waals surface area contributed by atoms with E-state index >= 15 is 0 Å². The number of methoxy groups -OCH3 is 1. The maximum Gasteiger partial charge on any atom is 0.125 e. The summed E-state index contributed by atoms with van der Waals surface area (Å²) in [4.78, 5) is 0. The number of rotatable bonds is 4. The predicted octanol–water partition coefficient (Wildman–Crippen LogP) is 4.59. The zero-order chi connectivity index (χ0) is 14.5. The van der Waals surface area contributed by atoms with E-state index in [2.05, 4.69) is 27.3 Å². The average molecular weight is 352 g/mol. The SMILES string of the molecule is COc1cccc(Cl)c1CNc1ccc(C#N)cc1Br. The van der Waals surface area contributed by atoms with Crippen LogP contribution in [0, 0.1) is 11.3 Å². The summed E-state index contributed by atoms with van der Waals surface area (Å²) in [5, 5.41) is 12.8. The lowest BCUT2D eigenvalue weighted by molar-refractivity contribution is 0.410. The van der Waals surface area contributed by atoms with Gasteiger partial charge in [0.2, 0.25) is 0 Å². The standard InChI is InChI=1S/C15H12BrClN2O/c1-20-15-4-2-3-13(17)11(15)9-19-14-6-5-10(8-18)7-12(14)16/h2-7,19H,9H2,1H3. The Morgan fingerprint density at radius 2 is 2.15 bits per heavy atom. The third kappa shape index (κ3) is 3.24. The minimum absolute atomic E-state index is 0.535. The molecule has 0 amide bonds. The Bertz CT molecular complexity index is 667. The minimum Gasteiger partial charge on any atom is -0.496 e. The van der Waals surface area contributed by atoms with Crippen molar-refractivity contribution in [3.05, 3.63) is 57.0 Å². The van der Waals surface area contributed by atoms with Crippen molar-refractivity contribution in [2.45, 2.75) is 6.54 Å². The molecule has 0 spiro atoms. The molecule has 2 aromatic carbocycles. The van der Waals surface area contributed by atoms with Crippen molar-refractivity contribution in [2.75, 3.05) is 12.4 Å². The zero-order valence-electron chi connectivity index (χ0n) is 10.8. The number of nitriles is 1. The predicted molar refractivity (Wildman–Crippen MR) is 84.2 cm³/mol. The van der Waals surface area contributed by atoms with Crippen LogP contribution in [-0.2, 0) is 6.54 Å². The van der Waals surface area contributed by atoms with Gasteiger partial charge in [-0.2, -0.15) is 5.26 Å². The molecule has 0 heterocycles. The first-order valence-corrected chi connectivity index (χ1v) is 7.07. The summed E-state index contributed by atoms with van der Waals surface area (Å²) in [5.74, 6) is 0.745. The zero-order valence-corrected chi connectivity index (χ0v) is 13.1. The van der Waals surface area contributed by atoms with E-state index in [-0.39, 0.29) is 0 Å². The van der Waals surface area contributed by atoms with Crippen LogP contribution in [0.15, 0.2) is 40.9 Å². The molecule has 1 N–H and O–H groups in total. The number of nitrogens with zero attached hydrogens (tertiary/aromatic N) is 1. The number of anilines is 1. The normalized spacial score (nSPS) is 9.90. The summed E-state index contributed by atoms with van der Waals surface area (Å²) >= 11 is 9.62. The fraction of sp³-hybridized carbons (Fsp3) is 0.133. The van der Waals surface area contributed by atoms with E-state index in [1.54, 1.807) is 19.2 Å². The summed E-state index contributed by atoms with van der Waals surface area (Å²) < 4.78 is 6.14. The highest BCUT2D eigenvalue weighted by Gasteiger charge is 2.08. The highest BCUT2D eigenvalue weighted by atomic mass is 79.9. The molecule has 3 nitrogen and oxygen atoms in total. The van der Waals surface area contributed by atoms with E-state index in [1.807, 2.05) is 24.3 Å². The molecule has 5 heteroatoms. The number of nitrogens with one attached hydrogen (secondary N) is 1. The maximum atomic E-state index is 8.84.